The van der Waals surface area contributed by atoms with Crippen molar-refractivity contribution in [2.24, 2.45) is 11.8 Å². The Labute approximate surface area is 172 Å². The van der Waals surface area contributed by atoms with Crippen LogP contribution >= 0.6 is 23.8 Å². The number of nitrogens with zero attached hydrogens (tertiary/aromatic N) is 1. The lowest BCUT2D eigenvalue weighted by Gasteiger charge is -2.35. The Bertz CT molecular complexity index is 646. The third kappa shape index (κ3) is 7.28. The molecule has 0 saturated carbocycles. The van der Waals surface area contributed by atoms with E-state index >= 15 is 0 Å². The zero-order valence-corrected chi connectivity index (χ0v) is 18.0. The van der Waals surface area contributed by atoms with Gasteiger partial charge in [-0.25, -0.2) is 4.79 Å². The molecule has 1 saturated heterocycles. The van der Waals surface area contributed by atoms with Gasteiger partial charge in [-0.1, -0.05) is 25.4 Å². The first-order valence-corrected chi connectivity index (χ1v) is 10.4. The van der Waals surface area contributed by atoms with Crippen LogP contribution in [0.25, 0.3) is 0 Å². The van der Waals surface area contributed by atoms with E-state index in [1.54, 1.807) is 25.1 Å². The summed E-state index contributed by atoms with van der Waals surface area (Å²) >= 11 is 11.5. The number of hydrogen-bond donors (Lipinski definition) is 2. The molecule has 1 aromatic carbocycles. The highest BCUT2D eigenvalue weighted by Crippen LogP contribution is 2.22. The van der Waals surface area contributed by atoms with E-state index in [1.807, 2.05) is 0 Å². The lowest BCUT2D eigenvalue weighted by Crippen LogP contribution is -2.40. The molecule has 5 nitrogen and oxygen atoms in total. The Kier molecular flexibility index (Phi) is 8.80. The molecule has 0 unspecified atom stereocenters. The van der Waals surface area contributed by atoms with Gasteiger partial charge in [0, 0.05) is 25.3 Å². The van der Waals surface area contributed by atoms with Gasteiger partial charge in [-0.05, 0) is 68.6 Å². The van der Waals surface area contributed by atoms with E-state index < -0.39 is 5.97 Å². The summed E-state index contributed by atoms with van der Waals surface area (Å²) in [5.74, 6) is 1.15. The zero-order chi connectivity index (χ0) is 19.8. The Morgan fingerprint density at radius 2 is 2.04 bits per heavy atom. The lowest BCUT2D eigenvalue weighted by atomic mass is 9.92. The van der Waals surface area contributed by atoms with E-state index in [1.165, 1.54) is 19.5 Å². The van der Waals surface area contributed by atoms with Crippen molar-refractivity contribution in [3.05, 3.63) is 28.8 Å². The molecular weight excluding hydrogens is 382 g/mol. The molecule has 1 fully saturated rings. The molecule has 27 heavy (non-hydrogen) atoms. The number of rotatable bonds is 7. The van der Waals surface area contributed by atoms with Crippen LogP contribution in [-0.2, 0) is 4.74 Å². The second-order valence-electron chi connectivity index (χ2n) is 7.36. The fraction of sp³-hybridized carbons (Fsp3) is 0.600. The highest BCUT2D eigenvalue weighted by Gasteiger charge is 2.21. The molecule has 7 heteroatoms. The third-order valence-electron chi connectivity index (χ3n) is 4.60. The first kappa shape index (κ1) is 21.9. The first-order valence-electron chi connectivity index (χ1n) is 9.63. The number of carbonyl (C=O) groups excluding carboxylic acids is 1. The van der Waals surface area contributed by atoms with E-state index in [0.29, 0.717) is 22.3 Å². The Morgan fingerprint density at radius 1 is 1.33 bits per heavy atom. The minimum atomic E-state index is -0.420. The number of carbonyl (C=O) groups is 1. The number of benzene rings is 1. The van der Waals surface area contributed by atoms with Gasteiger partial charge in [-0.2, -0.15) is 0 Å². The van der Waals surface area contributed by atoms with Crippen molar-refractivity contribution in [1.82, 2.24) is 10.2 Å². The summed E-state index contributed by atoms with van der Waals surface area (Å²) in [6, 6.07) is 5.09. The van der Waals surface area contributed by atoms with E-state index in [4.69, 9.17) is 28.6 Å². The van der Waals surface area contributed by atoms with Crippen molar-refractivity contribution in [2.75, 3.05) is 38.1 Å². The number of hydrogen-bond acceptors (Lipinski definition) is 4. The molecule has 2 atom stereocenters. The largest absolute Gasteiger partial charge is 0.462 e. The summed E-state index contributed by atoms with van der Waals surface area (Å²) in [6.45, 7) is 11.0. The highest BCUT2D eigenvalue weighted by molar-refractivity contribution is 7.80. The second-order valence-corrected chi connectivity index (χ2v) is 8.17. The highest BCUT2D eigenvalue weighted by atomic mass is 35.5. The molecule has 1 aliphatic heterocycles. The van der Waals surface area contributed by atoms with Crippen LogP contribution in [0.1, 0.15) is 44.0 Å². The summed E-state index contributed by atoms with van der Waals surface area (Å²) in [5.41, 5.74) is 1.09. The van der Waals surface area contributed by atoms with Gasteiger partial charge in [-0.15, -0.1) is 0 Å². The maximum Gasteiger partial charge on any atom is 0.339 e. The standard InChI is InChI=1S/C20H30ClN3O2S/c1-4-26-19(25)17-7-6-16(11-18(17)21)23-20(27)22-8-5-9-24-12-14(2)10-15(3)13-24/h6-7,11,14-15H,4-5,8-10,12-13H2,1-3H3,(H2,22,23,27)/t14-,15-/m0/s1. The van der Waals surface area contributed by atoms with Gasteiger partial charge < -0.3 is 20.3 Å². The van der Waals surface area contributed by atoms with E-state index in [-0.39, 0.29) is 0 Å². The molecule has 150 valence electrons. The number of esters is 1. The summed E-state index contributed by atoms with van der Waals surface area (Å²) in [5, 5.41) is 7.23. The summed E-state index contributed by atoms with van der Waals surface area (Å²) in [4.78, 5) is 14.3. The van der Waals surface area contributed by atoms with Crippen LogP contribution < -0.4 is 10.6 Å². The predicted octanol–water partition coefficient (Wildman–Crippen LogP) is 4.17. The van der Waals surface area contributed by atoms with Crippen LogP contribution in [0.15, 0.2) is 18.2 Å². The second kappa shape index (κ2) is 10.8. The molecule has 1 aliphatic rings. The quantitative estimate of drug-likeness (QED) is 0.399. The fourth-order valence-electron chi connectivity index (χ4n) is 3.62. The molecule has 0 aromatic heterocycles. The number of thiocarbonyl (C=S) groups is 1. The van der Waals surface area contributed by atoms with Crippen LogP contribution in [0.3, 0.4) is 0 Å². The van der Waals surface area contributed by atoms with E-state index in [9.17, 15) is 4.79 Å². The predicted molar refractivity (Wildman–Crippen MR) is 116 cm³/mol. The molecule has 0 bridgehead atoms. The Hall–Kier alpha value is -1.37. The SMILES string of the molecule is CCOC(=O)c1ccc(NC(=S)NCCCN2C[C@@H](C)C[C@H](C)C2)cc1Cl. The van der Waals surface area contributed by atoms with Gasteiger partial charge in [0.25, 0.3) is 0 Å². The van der Waals surface area contributed by atoms with Crippen molar-refractivity contribution < 1.29 is 9.53 Å². The van der Waals surface area contributed by atoms with Crippen LogP contribution in [-0.4, -0.2) is 48.8 Å². The monoisotopic (exact) mass is 411 g/mol. The number of nitrogens with one attached hydrogen (secondary N) is 2. The molecule has 2 rings (SSSR count). The first-order chi connectivity index (χ1) is 12.9. The van der Waals surface area contributed by atoms with Crippen LogP contribution in [0.2, 0.25) is 5.02 Å². The van der Waals surface area contributed by atoms with Crippen molar-refractivity contribution >= 4 is 40.6 Å². The third-order valence-corrected chi connectivity index (χ3v) is 5.16. The Morgan fingerprint density at radius 3 is 2.67 bits per heavy atom. The van der Waals surface area contributed by atoms with Gasteiger partial charge >= 0.3 is 5.97 Å². The summed E-state index contributed by atoms with van der Waals surface area (Å²) in [7, 11) is 0. The van der Waals surface area contributed by atoms with Crippen molar-refractivity contribution in [3.63, 3.8) is 0 Å². The average molecular weight is 412 g/mol. The van der Waals surface area contributed by atoms with Crippen molar-refractivity contribution in [2.45, 2.75) is 33.6 Å². The minimum Gasteiger partial charge on any atom is -0.462 e. The lowest BCUT2D eigenvalue weighted by molar-refractivity contribution is 0.0526. The maximum absolute atomic E-state index is 11.8. The summed E-state index contributed by atoms with van der Waals surface area (Å²) < 4.78 is 4.97. The minimum absolute atomic E-state index is 0.318. The van der Waals surface area contributed by atoms with Gasteiger partial charge in [0.15, 0.2) is 5.11 Å². The number of halogens is 1. The maximum atomic E-state index is 11.8. The molecule has 1 aromatic rings. The molecule has 0 amide bonds. The van der Waals surface area contributed by atoms with Crippen molar-refractivity contribution in [3.8, 4) is 0 Å². The molecule has 0 aliphatic carbocycles. The van der Waals surface area contributed by atoms with Gasteiger partial charge in [0.2, 0.25) is 0 Å². The summed E-state index contributed by atoms with van der Waals surface area (Å²) in [6.07, 6.45) is 2.38. The molecule has 0 radical (unpaired) electrons. The van der Waals surface area contributed by atoms with Crippen LogP contribution in [0.5, 0.6) is 0 Å². The zero-order valence-electron chi connectivity index (χ0n) is 16.4. The van der Waals surface area contributed by atoms with E-state index in [0.717, 1.165) is 37.0 Å². The van der Waals surface area contributed by atoms with Crippen LogP contribution in [0.4, 0.5) is 5.69 Å². The topological polar surface area (TPSA) is 53.6 Å². The van der Waals surface area contributed by atoms with Crippen molar-refractivity contribution in [1.29, 1.82) is 0 Å². The van der Waals surface area contributed by atoms with Crippen LogP contribution in [0, 0.1) is 11.8 Å². The Balaban J connectivity index is 1.72. The molecule has 1 heterocycles. The fourth-order valence-corrected chi connectivity index (χ4v) is 4.10. The van der Waals surface area contributed by atoms with Gasteiger partial charge in [0.05, 0.1) is 17.2 Å². The number of likely N-dealkylation sites (tertiary alicyclic amines) is 1. The van der Waals surface area contributed by atoms with E-state index in [2.05, 4.69) is 29.4 Å². The molecule has 0 spiro atoms. The molecule has 2 N–H and O–H groups in total. The number of ether oxygens (including phenoxy) is 1. The average Bonchev–Trinajstić information content (AvgIpc) is 2.58. The number of anilines is 1. The van der Waals surface area contributed by atoms with Gasteiger partial charge in [-0.3, -0.25) is 0 Å². The normalized spacial score (nSPS) is 20.1. The molecular formula is C20H30ClN3O2S. The number of piperidine rings is 1. The smallest absolute Gasteiger partial charge is 0.339 e. The van der Waals surface area contributed by atoms with Gasteiger partial charge in [0.1, 0.15) is 0 Å².